The fraction of sp³-hybridized carbons (Fsp3) is 0.667. The number of hydrogen-bond donors (Lipinski definition) is 2. The maximum absolute atomic E-state index is 5.97. The first-order valence-corrected chi connectivity index (χ1v) is 10.0. The Morgan fingerprint density at radius 2 is 1.85 bits per heavy atom. The van der Waals surface area contributed by atoms with E-state index in [4.69, 9.17) is 9.47 Å². The van der Waals surface area contributed by atoms with Crippen LogP contribution < -0.4 is 10.6 Å². The number of benzene rings is 1. The van der Waals surface area contributed by atoms with Crippen molar-refractivity contribution in [2.75, 3.05) is 26.8 Å². The smallest absolute Gasteiger partial charge is 0.191 e. The van der Waals surface area contributed by atoms with Gasteiger partial charge in [-0.1, -0.05) is 43.5 Å². The maximum Gasteiger partial charge on any atom is 0.191 e. The van der Waals surface area contributed by atoms with Gasteiger partial charge in [-0.05, 0) is 37.3 Å². The molecule has 27 heavy (non-hydrogen) atoms. The molecule has 2 rings (SSSR count). The van der Waals surface area contributed by atoms with Crippen LogP contribution in [0, 0.1) is 0 Å². The Morgan fingerprint density at radius 1 is 1.11 bits per heavy atom. The minimum absolute atomic E-state index is 0. The molecule has 0 amide bonds. The number of guanidine groups is 1. The van der Waals surface area contributed by atoms with Gasteiger partial charge in [-0.25, -0.2) is 0 Å². The van der Waals surface area contributed by atoms with Crippen LogP contribution in [0.25, 0.3) is 0 Å². The van der Waals surface area contributed by atoms with Gasteiger partial charge in [0, 0.05) is 33.4 Å². The second kappa shape index (κ2) is 15.1. The largest absolute Gasteiger partial charge is 0.378 e. The molecule has 2 N–H and O–H groups in total. The molecule has 1 aromatic carbocycles. The van der Waals surface area contributed by atoms with Gasteiger partial charge in [0.2, 0.25) is 0 Å². The molecule has 0 saturated heterocycles. The number of hydrogen-bond acceptors (Lipinski definition) is 3. The van der Waals surface area contributed by atoms with Crippen LogP contribution >= 0.6 is 24.0 Å². The van der Waals surface area contributed by atoms with Crippen molar-refractivity contribution < 1.29 is 9.47 Å². The second-order valence-corrected chi connectivity index (χ2v) is 6.74. The summed E-state index contributed by atoms with van der Waals surface area (Å²) in [7, 11) is 1.81. The lowest BCUT2D eigenvalue weighted by Gasteiger charge is -2.22. The number of aliphatic imine (C=N–C) groups is 1. The van der Waals surface area contributed by atoms with Gasteiger partial charge in [0.05, 0.1) is 12.7 Å². The zero-order chi connectivity index (χ0) is 18.5. The fourth-order valence-corrected chi connectivity index (χ4v) is 3.24. The van der Waals surface area contributed by atoms with E-state index >= 15 is 0 Å². The average molecular weight is 489 g/mol. The first-order valence-electron chi connectivity index (χ1n) is 10.0. The van der Waals surface area contributed by atoms with Crippen molar-refractivity contribution in [2.24, 2.45) is 4.99 Å². The summed E-state index contributed by atoms with van der Waals surface area (Å²) >= 11 is 0. The molecule has 0 bridgehead atoms. The number of ether oxygens (including phenoxy) is 2. The predicted molar refractivity (Wildman–Crippen MR) is 123 cm³/mol. The molecule has 0 heterocycles. The third-order valence-electron chi connectivity index (χ3n) is 4.77. The third kappa shape index (κ3) is 9.76. The van der Waals surface area contributed by atoms with E-state index in [1.54, 1.807) is 7.05 Å². The van der Waals surface area contributed by atoms with Gasteiger partial charge in [0.15, 0.2) is 5.96 Å². The van der Waals surface area contributed by atoms with Crippen LogP contribution in [0.15, 0.2) is 29.3 Å². The van der Waals surface area contributed by atoms with Crippen molar-refractivity contribution in [2.45, 2.75) is 64.7 Å². The van der Waals surface area contributed by atoms with Crippen LogP contribution in [-0.2, 0) is 22.6 Å². The lowest BCUT2D eigenvalue weighted by atomic mass is 9.98. The summed E-state index contributed by atoms with van der Waals surface area (Å²) in [5, 5.41) is 6.75. The standard InChI is InChI=1S/C21H35N3O2.HI/c1-3-25-17-19-11-8-7-10-18(19)16-24-21(22-2)23-14-9-15-26-20-12-5-4-6-13-20;/h7-8,10-11,20H,3-6,9,12-17H2,1-2H3,(H2,22,23,24);1H. The Morgan fingerprint density at radius 3 is 2.56 bits per heavy atom. The highest BCUT2D eigenvalue weighted by Crippen LogP contribution is 2.20. The molecule has 1 aliphatic rings. The molecule has 1 aromatic rings. The highest BCUT2D eigenvalue weighted by atomic mass is 127. The Balaban J connectivity index is 0.00000364. The molecular formula is C21H36IN3O2. The topological polar surface area (TPSA) is 54.9 Å². The highest BCUT2D eigenvalue weighted by Gasteiger charge is 2.13. The van der Waals surface area contributed by atoms with E-state index in [0.717, 1.165) is 38.7 Å². The Kier molecular flexibility index (Phi) is 13.5. The highest BCUT2D eigenvalue weighted by molar-refractivity contribution is 14.0. The molecule has 1 fully saturated rings. The van der Waals surface area contributed by atoms with Gasteiger partial charge in [0.25, 0.3) is 0 Å². The Bertz CT molecular complexity index is 534. The predicted octanol–water partition coefficient (Wildman–Crippen LogP) is 4.25. The van der Waals surface area contributed by atoms with Crippen LogP contribution in [0.2, 0.25) is 0 Å². The molecule has 0 aliphatic heterocycles. The molecule has 0 aromatic heterocycles. The van der Waals surface area contributed by atoms with E-state index < -0.39 is 0 Å². The minimum Gasteiger partial charge on any atom is -0.378 e. The SMILES string of the molecule is CCOCc1ccccc1CNC(=NC)NCCCOC1CCCCC1.I. The van der Waals surface area contributed by atoms with Crippen LogP contribution in [0.5, 0.6) is 0 Å². The van der Waals surface area contributed by atoms with Crippen molar-refractivity contribution >= 4 is 29.9 Å². The van der Waals surface area contributed by atoms with Crippen LogP contribution in [0.3, 0.4) is 0 Å². The van der Waals surface area contributed by atoms with Gasteiger partial charge in [0.1, 0.15) is 0 Å². The van der Waals surface area contributed by atoms with E-state index in [1.165, 1.54) is 43.2 Å². The van der Waals surface area contributed by atoms with Gasteiger partial charge < -0.3 is 20.1 Å². The quantitative estimate of drug-likeness (QED) is 0.223. The number of halogens is 1. The van der Waals surface area contributed by atoms with Gasteiger partial charge in [-0.2, -0.15) is 0 Å². The minimum atomic E-state index is 0. The summed E-state index contributed by atoms with van der Waals surface area (Å²) in [6.07, 6.45) is 7.97. The number of nitrogens with zero attached hydrogens (tertiary/aromatic N) is 1. The molecule has 1 aliphatic carbocycles. The van der Waals surface area contributed by atoms with E-state index in [2.05, 4.69) is 39.9 Å². The lowest BCUT2D eigenvalue weighted by Crippen LogP contribution is -2.37. The molecule has 0 radical (unpaired) electrons. The van der Waals surface area contributed by atoms with Crippen molar-refractivity contribution in [3.63, 3.8) is 0 Å². The molecule has 6 heteroatoms. The van der Waals surface area contributed by atoms with Crippen molar-refractivity contribution in [1.82, 2.24) is 10.6 Å². The summed E-state index contributed by atoms with van der Waals surface area (Å²) in [5.74, 6) is 0.828. The summed E-state index contributed by atoms with van der Waals surface area (Å²) in [6, 6.07) is 8.36. The van der Waals surface area contributed by atoms with Gasteiger partial charge >= 0.3 is 0 Å². The molecule has 1 saturated carbocycles. The van der Waals surface area contributed by atoms with Crippen molar-refractivity contribution in [3.8, 4) is 0 Å². The summed E-state index contributed by atoms with van der Waals surface area (Å²) in [5.41, 5.74) is 2.46. The van der Waals surface area contributed by atoms with Crippen molar-refractivity contribution in [1.29, 1.82) is 0 Å². The van der Waals surface area contributed by atoms with E-state index in [-0.39, 0.29) is 24.0 Å². The van der Waals surface area contributed by atoms with E-state index in [0.29, 0.717) is 12.7 Å². The zero-order valence-corrected chi connectivity index (χ0v) is 19.2. The molecule has 5 nitrogen and oxygen atoms in total. The average Bonchev–Trinajstić information content (AvgIpc) is 2.70. The summed E-state index contributed by atoms with van der Waals surface area (Å²) in [4.78, 5) is 4.30. The zero-order valence-electron chi connectivity index (χ0n) is 16.8. The van der Waals surface area contributed by atoms with E-state index in [1.807, 2.05) is 6.92 Å². The van der Waals surface area contributed by atoms with Crippen molar-refractivity contribution in [3.05, 3.63) is 35.4 Å². The molecule has 0 atom stereocenters. The fourth-order valence-electron chi connectivity index (χ4n) is 3.24. The summed E-state index contributed by atoms with van der Waals surface area (Å²) < 4.78 is 11.5. The van der Waals surface area contributed by atoms with Crippen LogP contribution in [0.4, 0.5) is 0 Å². The second-order valence-electron chi connectivity index (χ2n) is 6.74. The van der Waals surface area contributed by atoms with E-state index in [9.17, 15) is 0 Å². The van der Waals surface area contributed by atoms with Crippen LogP contribution in [-0.4, -0.2) is 38.9 Å². The van der Waals surface area contributed by atoms with Gasteiger partial charge in [-0.15, -0.1) is 24.0 Å². The Hall–Kier alpha value is -0.860. The molecular weight excluding hydrogens is 453 g/mol. The first kappa shape index (κ1) is 24.2. The lowest BCUT2D eigenvalue weighted by molar-refractivity contribution is 0.0277. The summed E-state index contributed by atoms with van der Waals surface area (Å²) in [6.45, 7) is 5.83. The van der Waals surface area contributed by atoms with Crippen LogP contribution in [0.1, 0.15) is 56.6 Å². The molecule has 0 spiro atoms. The number of rotatable bonds is 10. The first-order chi connectivity index (χ1) is 12.8. The number of nitrogens with one attached hydrogen (secondary N) is 2. The van der Waals surface area contributed by atoms with Gasteiger partial charge in [-0.3, -0.25) is 4.99 Å². The molecule has 0 unspecified atom stereocenters. The normalized spacial score (nSPS) is 15.3. The molecule has 154 valence electrons. The monoisotopic (exact) mass is 489 g/mol. The Labute approximate surface area is 181 Å². The maximum atomic E-state index is 5.97. The third-order valence-corrected chi connectivity index (χ3v) is 4.77.